The van der Waals surface area contributed by atoms with E-state index in [0.717, 1.165) is 61.6 Å². The smallest absolute Gasteiger partial charge is 0.101 e. The van der Waals surface area contributed by atoms with Crippen molar-refractivity contribution in [3.8, 4) is 55.9 Å². The fraction of sp³-hybridized carbons (Fsp3) is 0.0152. The van der Waals surface area contributed by atoms with Crippen molar-refractivity contribution in [3.05, 3.63) is 295 Å². The number of nitrogens with zero attached hydrogens (tertiary/aromatic N) is 3. The standard InChI is InChI=1S/C66H45N3/c1-6-20-46(21-7-1)47-34-38-54(39-35-47)68(56-42-43-59-58-32-18-19-33-60(58)66(61(59)45-56,52-27-12-4-13-28-52)53-29-14-5-15-30-53)55-40-36-50(37-41-55)64-63(49-24-10-3-11-25-49)65-57-31-17-16-26-51(57)44-62(69(65)67-64)48-22-8-2-9-23-48/h1-45H. The predicted molar refractivity (Wildman–Crippen MR) is 286 cm³/mol. The molecule has 12 aromatic rings. The average Bonchev–Trinajstić information content (AvgIpc) is 3.98. The summed E-state index contributed by atoms with van der Waals surface area (Å²) < 4.78 is 2.16. The summed E-state index contributed by atoms with van der Waals surface area (Å²) in [6, 6.07) is 99.0. The number of hydrogen-bond donors (Lipinski definition) is 0. The lowest BCUT2D eigenvalue weighted by Crippen LogP contribution is -2.28. The summed E-state index contributed by atoms with van der Waals surface area (Å²) in [6.45, 7) is 0. The second-order valence-corrected chi connectivity index (χ2v) is 17.9. The summed E-state index contributed by atoms with van der Waals surface area (Å²) in [5, 5.41) is 7.89. The van der Waals surface area contributed by atoms with Crippen molar-refractivity contribution in [1.82, 2.24) is 9.61 Å². The minimum absolute atomic E-state index is 0.531. The van der Waals surface area contributed by atoms with E-state index in [4.69, 9.17) is 5.10 Å². The Labute approximate surface area is 402 Å². The molecule has 0 saturated carbocycles. The molecule has 324 valence electrons. The Kier molecular flexibility index (Phi) is 9.73. The molecular formula is C66H45N3. The summed E-state index contributed by atoms with van der Waals surface area (Å²) >= 11 is 0. The quantitative estimate of drug-likeness (QED) is 0.144. The minimum Gasteiger partial charge on any atom is -0.310 e. The number of rotatable bonds is 9. The Morgan fingerprint density at radius 3 is 1.46 bits per heavy atom. The van der Waals surface area contributed by atoms with Crippen LogP contribution in [0.1, 0.15) is 22.3 Å². The van der Waals surface area contributed by atoms with Gasteiger partial charge >= 0.3 is 0 Å². The fourth-order valence-corrected chi connectivity index (χ4v) is 11.0. The van der Waals surface area contributed by atoms with Gasteiger partial charge in [-0.05, 0) is 97.9 Å². The van der Waals surface area contributed by atoms with E-state index in [1.54, 1.807) is 0 Å². The first-order valence-corrected chi connectivity index (χ1v) is 23.7. The van der Waals surface area contributed by atoms with Gasteiger partial charge in [-0.15, -0.1) is 0 Å². The third kappa shape index (κ3) is 6.62. The zero-order chi connectivity index (χ0) is 45.7. The molecule has 0 fully saturated rings. The molecule has 0 amide bonds. The Morgan fingerprint density at radius 2 is 0.826 bits per heavy atom. The molecule has 0 spiro atoms. The first-order valence-electron chi connectivity index (χ1n) is 23.7. The molecule has 69 heavy (non-hydrogen) atoms. The van der Waals surface area contributed by atoms with Crippen LogP contribution in [-0.4, -0.2) is 9.61 Å². The second kappa shape index (κ2) is 16.7. The van der Waals surface area contributed by atoms with E-state index in [-0.39, 0.29) is 0 Å². The highest BCUT2D eigenvalue weighted by Gasteiger charge is 2.46. The number of benzene rings is 10. The van der Waals surface area contributed by atoms with Crippen LogP contribution < -0.4 is 4.90 Å². The minimum atomic E-state index is -0.531. The van der Waals surface area contributed by atoms with E-state index in [1.165, 1.54) is 49.9 Å². The maximum absolute atomic E-state index is 5.55. The molecule has 0 saturated heterocycles. The maximum Gasteiger partial charge on any atom is 0.101 e. The topological polar surface area (TPSA) is 20.5 Å². The van der Waals surface area contributed by atoms with E-state index in [9.17, 15) is 0 Å². The van der Waals surface area contributed by atoms with Crippen LogP contribution >= 0.6 is 0 Å². The van der Waals surface area contributed by atoms with Gasteiger partial charge in [0.15, 0.2) is 0 Å². The number of anilines is 3. The number of pyridine rings is 1. The summed E-state index contributed by atoms with van der Waals surface area (Å²) in [4.78, 5) is 2.41. The lowest BCUT2D eigenvalue weighted by molar-refractivity contribution is 0.768. The number of aromatic nitrogens is 2. The van der Waals surface area contributed by atoms with Gasteiger partial charge in [0.2, 0.25) is 0 Å². The summed E-state index contributed by atoms with van der Waals surface area (Å²) in [5.41, 5.74) is 20.1. The van der Waals surface area contributed by atoms with Crippen LogP contribution in [-0.2, 0) is 5.41 Å². The third-order valence-corrected chi connectivity index (χ3v) is 14.1. The van der Waals surface area contributed by atoms with Crippen molar-refractivity contribution < 1.29 is 0 Å². The molecule has 0 aliphatic heterocycles. The van der Waals surface area contributed by atoms with Gasteiger partial charge in [-0.25, -0.2) is 4.52 Å². The van der Waals surface area contributed by atoms with Gasteiger partial charge in [0.1, 0.15) is 5.69 Å². The van der Waals surface area contributed by atoms with E-state index < -0.39 is 5.41 Å². The first-order chi connectivity index (χ1) is 34.2. The Balaban J connectivity index is 1.02. The number of fused-ring (bicyclic) bond motifs is 6. The van der Waals surface area contributed by atoms with Crippen LogP contribution in [0.3, 0.4) is 0 Å². The van der Waals surface area contributed by atoms with E-state index in [0.29, 0.717) is 0 Å². The van der Waals surface area contributed by atoms with Crippen molar-refractivity contribution in [2.75, 3.05) is 4.90 Å². The monoisotopic (exact) mass is 879 g/mol. The van der Waals surface area contributed by atoms with Gasteiger partial charge in [0, 0.05) is 39.1 Å². The van der Waals surface area contributed by atoms with Gasteiger partial charge in [-0.2, -0.15) is 5.10 Å². The SMILES string of the molecule is c1ccc(-c2ccc(N(c3ccc(-c4nn5c(-c6ccccc6)cc6ccccc6c5c4-c4ccccc4)cc3)c3ccc4c(c3)C(c3ccccc3)(c3ccccc3)c3ccccc3-4)cc2)cc1. The Bertz CT molecular complexity index is 3750. The molecule has 1 aliphatic rings. The second-order valence-electron chi connectivity index (χ2n) is 17.9. The van der Waals surface area contributed by atoms with Crippen molar-refractivity contribution >= 4 is 33.4 Å². The highest BCUT2D eigenvalue weighted by atomic mass is 15.2. The van der Waals surface area contributed by atoms with E-state index in [1.807, 2.05) is 0 Å². The average molecular weight is 880 g/mol. The molecule has 2 heterocycles. The third-order valence-electron chi connectivity index (χ3n) is 14.1. The molecular weight excluding hydrogens is 835 g/mol. The van der Waals surface area contributed by atoms with Crippen molar-refractivity contribution in [3.63, 3.8) is 0 Å². The van der Waals surface area contributed by atoms with Crippen molar-refractivity contribution in [2.45, 2.75) is 5.41 Å². The zero-order valence-corrected chi connectivity index (χ0v) is 37.8. The molecule has 10 aromatic carbocycles. The summed E-state index contributed by atoms with van der Waals surface area (Å²) in [7, 11) is 0. The van der Waals surface area contributed by atoms with Gasteiger partial charge < -0.3 is 4.90 Å². The van der Waals surface area contributed by atoms with Crippen molar-refractivity contribution in [1.29, 1.82) is 0 Å². The molecule has 0 atom stereocenters. The molecule has 0 unspecified atom stereocenters. The van der Waals surface area contributed by atoms with Crippen LogP contribution in [0.5, 0.6) is 0 Å². The highest BCUT2D eigenvalue weighted by molar-refractivity contribution is 6.08. The van der Waals surface area contributed by atoms with Crippen LogP contribution in [0.15, 0.2) is 273 Å². The molecule has 3 heteroatoms. The fourth-order valence-electron chi connectivity index (χ4n) is 11.0. The predicted octanol–water partition coefficient (Wildman–Crippen LogP) is 17.0. The van der Waals surface area contributed by atoms with Crippen LogP contribution in [0.4, 0.5) is 17.1 Å². The van der Waals surface area contributed by atoms with Crippen molar-refractivity contribution in [2.24, 2.45) is 0 Å². The first kappa shape index (κ1) is 40.2. The lowest BCUT2D eigenvalue weighted by atomic mass is 9.67. The van der Waals surface area contributed by atoms with Gasteiger partial charge in [-0.1, -0.05) is 231 Å². The molecule has 1 aliphatic carbocycles. The van der Waals surface area contributed by atoms with Crippen LogP contribution in [0, 0.1) is 0 Å². The molecule has 0 bridgehead atoms. The molecule has 13 rings (SSSR count). The summed E-state index contributed by atoms with van der Waals surface area (Å²) in [5.74, 6) is 0. The number of hydrogen-bond acceptors (Lipinski definition) is 2. The molecule has 3 nitrogen and oxygen atoms in total. The highest BCUT2D eigenvalue weighted by Crippen LogP contribution is 2.57. The Morgan fingerprint density at radius 1 is 0.348 bits per heavy atom. The lowest BCUT2D eigenvalue weighted by Gasteiger charge is -2.35. The van der Waals surface area contributed by atoms with Gasteiger partial charge in [-0.3, -0.25) is 0 Å². The molecule has 0 radical (unpaired) electrons. The van der Waals surface area contributed by atoms with E-state index in [2.05, 4.69) is 282 Å². The van der Waals surface area contributed by atoms with Crippen LogP contribution in [0.2, 0.25) is 0 Å². The largest absolute Gasteiger partial charge is 0.310 e. The maximum atomic E-state index is 5.55. The summed E-state index contributed by atoms with van der Waals surface area (Å²) in [6.07, 6.45) is 0. The van der Waals surface area contributed by atoms with Crippen LogP contribution in [0.25, 0.3) is 72.2 Å². The van der Waals surface area contributed by atoms with Gasteiger partial charge in [0.05, 0.1) is 16.6 Å². The normalized spacial score (nSPS) is 12.5. The molecule has 2 aromatic heterocycles. The zero-order valence-electron chi connectivity index (χ0n) is 37.8. The molecule has 0 N–H and O–H groups in total. The van der Waals surface area contributed by atoms with Gasteiger partial charge in [0.25, 0.3) is 0 Å². The Hall–Kier alpha value is -9.05. The van der Waals surface area contributed by atoms with E-state index >= 15 is 0 Å².